The van der Waals surface area contributed by atoms with Gasteiger partial charge in [0, 0.05) is 52.2 Å². The Bertz CT molecular complexity index is 875. The molecule has 33 heavy (non-hydrogen) atoms. The second-order valence-electron chi connectivity index (χ2n) is 9.02. The molecular formula is C26H38N4O3. The lowest BCUT2D eigenvalue weighted by Gasteiger charge is -2.36. The summed E-state index contributed by atoms with van der Waals surface area (Å²) in [6, 6.07) is 14.5. The van der Waals surface area contributed by atoms with Crippen LogP contribution in [0.3, 0.4) is 0 Å². The van der Waals surface area contributed by atoms with Crippen LogP contribution in [0.15, 0.2) is 48.7 Å². The van der Waals surface area contributed by atoms with E-state index in [0.717, 1.165) is 37.9 Å². The number of carbonyl (C=O) groups is 2. The van der Waals surface area contributed by atoms with Crippen molar-refractivity contribution in [3.63, 3.8) is 0 Å². The van der Waals surface area contributed by atoms with Crippen molar-refractivity contribution in [2.75, 3.05) is 40.9 Å². The minimum absolute atomic E-state index is 0.000615. The van der Waals surface area contributed by atoms with Gasteiger partial charge >= 0.3 is 6.03 Å². The van der Waals surface area contributed by atoms with E-state index < -0.39 is 0 Å². The van der Waals surface area contributed by atoms with E-state index in [1.54, 1.807) is 26.1 Å². The number of amides is 3. The van der Waals surface area contributed by atoms with Crippen LogP contribution in [0.5, 0.6) is 0 Å². The maximum absolute atomic E-state index is 13.6. The maximum Gasteiger partial charge on any atom is 0.320 e. The predicted octanol–water partition coefficient (Wildman–Crippen LogP) is 3.83. The Morgan fingerprint density at radius 1 is 1.03 bits per heavy atom. The highest BCUT2D eigenvalue weighted by atomic mass is 16.5. The van der Waals surface area contributed by atoms with Crippen LogP contribution in [0.25, 0.3) is 0 Å². The highest BCUT2D eigenvalue weighted by Crippen LogP contribution is 2.25. The maximum atomic E-state index is 13.6. The first kappa shape index (κ1) is 24.8. The largest absolute Gasteiger partial charge is 0.383 e. The van der Waals surface area contributed by atoms with E-state index in [1.807, 2.05) is 29.2 Å². The number of hydrogen-bond acceptors (Lipinski definition) is 3. The van der Waals surface area contributed by atoms with Crippen LogP contribution in [0.1, 0.15) is 43.4 Å². The van der Waals surface area contributed by atoms with Crippen LogP contribution in [0, 0.1) is 0 Å². The highest BCUT2D eigenvalue weighted by Gasteiger charge is 2.29. The number of carbonyl (C=O) groups excluding carboxylic acids is 2. The van der Waals surface area contributed by atoms with Crippen LogP contribution in [0.2, 0.25) is 0 Å². The van der Waals surface area contributed by atoms with Gasteiger partial charge in [0.05, 0.1) is 13.2 Å². The number of aromatic nitrogens is 1. The fraction of sp³-hybridized carbons (Fsp3) is 0.538. The molecular weight excluding hydrogens is 416 g/mol. The third-order valence-corrected chi connectivity index (χ3v) is 6.33. The van der Waals surface area contributed by atoms with Crippen LogP contribution < -0.4 is 0 Å². The van der Waals surface area contributed by atoms with Crippen molar-refractivity contribution in [2.24, 2.45) is 0 Å². The number of nitrogens with zero attached hydrogens (tertiary/aromatic N) is 4. The number of rotatable bonds is 10. The van der Waals surface area contributed by atoms with Gasteiger partial charge < -0.3 is 24.0 Å². The molecule has 1 aromatic carbocycles. The molecule has 0 bridgehead atoms. The molecule has 0 spiro atoms. The third-order valence-electron chi connectivity index (χ3n) is 6.33. The number of urea groups is 1. The van der Waals surface area contributed by atoms with E-state index in [4.69, 9.17) is 4.74 Å². The van der Waals surface area contributed by atoms with Crippen LogP contribution >= 0.6 is 0 Å². The molecule has 7 nitrogen and oxygen atoms in total. The average Bonchev–Trinajstić information content (AvgIpc) is 3.27. The molecule has 3 amide bonds. The van der Waals surface area contributed by atoms with E-state index in [1.165, 1.54) is 16.9 Å². The Kier molecular flexibility index (Phi) is 9.36. The second kappa shape index (κ2) is 12.4. The summed E-state index contributed by atoms with van der Waals surface area (Å²) in [4.78, 5) is 31.4. The normalized spacial score (nSPS) is 14.2. The summed E-state index contributed by atoms with van der Waals surface area (Å²) in [5, 5.41) is 0. The molecule has 0 radical (unpaired) electrons. The molecule has 0 aliphatic heterocycles. The van der Waals surface area contributed by atoms with Crippen molar-refractivity contribution in [1.29, 1.82) is 0 Å². The molecule has 1 aromatic heterocycles. The lowest BCUT2D eigenvalue weighted by Crippen LogP contribution is -2.50. The summed E-state index contributed by atoms with van der Waals surface area (Å²) >= 11 is 0. The number of hydrogen-bond donors (Lipinski definition) is 0. The summed E-state index contributed by atoms with van der Waals surface area (Å²) in [6.45, 7) is 2.18. The first-order valence-electron chi connectivity index (χ1n) is 11.9. The lowest BCUT2D eigenvalue weighted by molar-refractivity contribution is -0.135. The fourth-order valence-electron chi connectivity index (χ4n) is 4.50. The van der Waals surface area contributed by atoms with Gasteiger partial charge in [-0.1, -0.05) is 49.6 Å². The van der Waals surface area contributed by atoms with Crippen molar-refractivity contribution in [1.82, 2.24) is 19.3 Å². The van der Waals surface area contributed by atoms with Gasteiger partial charge in [0.1, 0.15) is 6.54 Å². The number of ether oxygens (including phenoxy) is 1. The van der Waals surface area contributed by atoms with Gasteiger partial charge in [-0.05, 0) is 30.5 Å². The molecule has 0 N–H and O–H groups in total. The van der Waals surface area contributed by atoms with Gasteiger partial charge in [0.15, 0.2) is 0 Å². The smallest absolute Gasteiger partial charge is 0.320 e. The zero-order chi connectivity index (χ0) is 23.6. The molecule has 1 fully saturated rings. The third kappa shape index (κ3) is 7.09. The summed E-state index contributed by atoms with van der Waals surface area (Å²) < 4.78 is 7.39. The number of methoxy groups -OCH3 is 1. The Morgan fingerprint density at radius 3 is 2.42 bits per heavy atom. The van der Waals surface area contributed by atoms with Crippen LogP contribution in [-0.2, 0) is 22.6 Å². The summed E-state index contributed by atoms with van der Waals surface area (Å²) in [5.41, 5.74) is 2.34. The van der Waals surface area contributed by atoms with Gasteiger partial charge in [-0.15, -0.1) is 0 Å². The monoisotopic (exact) mass is 454 g/mol. The van der Waals surface area contributed by atoms with E-state index in [2.05, 4.69) is 29.0 Å². The summed E-state index contributed by atoms with van der Waals surface area (Å²) in [7, 11) is 5.03. The first-order chi connectivity index (χ1) is 16.0. The van der Waals surface area contributed by atoms with E-state index in [9.17, 15) is 9.59 Å². The molecule has 0 atom stereocenters. The van der Waals surface area contributed by atoms with Crippen molar-refractivity contribution in [2.45, 2.75) is 51.2 Å². The fourth-order valence-corrected chi connectivity index (χ4v) is 4.50. The van der Waals surface area contributed by atoms with Gasteiger partial charge in [-0.25, -0.2) is 4.79 Å². The molecule has 180 valence electrons. The summed E-state index contributed by atoms with van der Waals surface area (Å²) in [5.74, 6) is 0.000615. The molecule has 1 heterocycles. The zero-order valence-electron chi connectivity index (χ0n) is 20.3. The summed E-state index contributed by atoms with van der Waals surface area (Å²) in [6.07, 6.45) is 7.62. The molecule has 1 aliphatic rings. The standard InChI is InChI=1S/C26H38N4O3/c1-27(2)26(32)29(17-18-33-3)21-25(31)30(23-13-8-5-9-14-23)20-24-15-10-16-28(24)19-22-11-6-4-7-12-22/h4,6-7,10-12,15-16,23H,5,8-9,13-14,17-21H2,1-3H3. The second-order valence-corrected chi connectivity index (χ2v) is 9.02. The Labute approximate surface area is 197 Å². The molecule has 1 aliphatic carbocycles. The molecule has 2 aromatic rings. The lowest BCUT2D eigenvalue weighted by atomic mass is 9.94. The Hall–Kier alpha value is -2.80. The van der Waals surface area contributed by atoms with Gasteiger partial charge in [0.2, 0.25) is 5.91 Å². The minimum Gasteiger partial charge on any atom is -0.383 e. The first-order valence-corrected chi connectivity index (χ1v) is 11.9. The van der Waals surface area contributed by atoms with Crippen LogP contribution in [0.4, 0.5) is 4.79 Å². The van der Waals surface area contributed by atoms with E-state index in [0.29, 0.717) is 19.7 Å². The topological polar surface area (TPSA) is 58.0 Å². The molecule has 0 unspecified atom stereocenters. The van der Waals surface area contributed by atoms with Crippen molar-refractivity contribution in [3.8, 4) is 0 Å². The molecule has 7 heteroatoms. The van der Waals surface area contributed by atoms with E-state index in [-0.39, 0.29) is 24.5 Å². The molecule has 0 saturated heterocycles. The Balaban J connectivity index is 1.78. The molecule has 3 rings (SSSR count). The highest BCUT2D eigenvalue weighted by molar-refractivity contribution is 5.84. The minimum atomic E-state index is -0.170. The number of benzene rings is 1. The van der Waals surface area contributed by atoms with Crippen LogP contribution in [-0.4, -0.2) is 78.1 Å². The Morgan fingerprint density at radius 2 is 1.76 bits per heavy atom. The molecule has 1 saturated carbocycles. The zero-order valence-corrected chi connectivity index (χ0v) is 20.3. The van der Waals surface area contributed by atoms with Gasteiger partial charge in [-0.2, -0.15) is 0 Å². The van der Waals surface area contributed by atoms with E-state index >= 15 is 0 Å². The van der Waals surface area contributed by atoms with Crippen molar-refractivity contribution >= 4 is 11.9 Å². The quantitative estimate of drug-likeness (QED) is 0.548. The van der Waals surface area contributed by atoms with Gasteiger partial charge in [-0.3, -0.25) is 4.79 Å². The SMILES string of the molecule is COCCN(CC(=O)N(Cc1cccn1Cc1ccccc1)C1CCCCC1)C(=O)N(C)C. The van der Waals surface area contributed by atoms with Crippen molar-refractivity contribution in [3.05, 3.63) is 59.9 Å². The van der Waals surface area contributed by atoms with Crippen molar-refractivity contribution < 1.29 is 14.3 Å². The average molecular weight is 455 g/mol. The predicted molar refractivity (Wildman–Crippen MR) is 130 cm³/mol. The van der Waals surface area contributed by atoms with Gasteiger partial charge in [0.25, 0.3) is 0 Å².